The van der Waals surface area contributed by atoms with Crippen molar-refractivity contribution in [3.8, 4) is 0 Å². The van der Waals surface area contributed by atoms with Crippen molar-refractivity contribution in [3.63, 3.8) is 0 Å². The minimum Gasteiger partial charge on any atom is -0.481 e. The number of rotatable bonds is 8. The molecule has 7 heteroatoms. The number of carbonyl (C=O) groups is 3. The van der Waals surface area contributed by atoms with Crippen LogP contribution in [-0.4, -0.2) is 46.4 Å². The summed E-state index contributed by atoms with van der Waals surface area (Å²) < 4.78 is 11.6. The lowest BCUT2D eigenvalue weighted by Gasteiger charge is -2.44. The first-order valence-corrected chi connectivity index (χ1v) is 12.2. The lowest BCUT2D eigenvalue weighted by atomic mass is 9.65. The normalized spacial score (nSPS) is 34.2. The number of aliphatic carboxylic acids is 1. The predicted molar refractivity (Wildman–Crippen MR) is 122 cm³/mol. The number of allylic oxidation sites excluding steroid dienone is 3. The van der Waals surface area contributed by atoms with Crippen LogP contribution in [0.5, 0.6) is 0 Å². The van der Waals surface area contributed by atoms with E-state index in [9.17, 15) is 19.5 Å². The lowest BCUT2D eigenvalue weighted by molar-refractivity contribution is -0.166. The highest BCUT2D eigenvalue weighted by Gasteiger charge is 2.43. The third-order valence-electron chi connectivity index (χ3n) is 7.43. The van der Waals surface area contributed by atoms with Crippen molar-refractivity contribution < 1.29 is 34.1 Å². The summed E-state index contributed by atoms with van der Waals surface area (Å²) in [6, 6.07) is 0. The molecule has 2 N–H and O–H groups in total. The maximum atomic E-state index is 13.1. The third-order valence-corrected chi connectivity index (χ3v) is 7.43. The first-order valence-electron chi connectivity index (χ1n) is 12.2. The van der Waals surface area contributed by atoms with Gasteiger partial charge in [-0.05, 0) is 62.9 Å². The zero-order chi connectivity index (χ0) is 24.3. The summed E-state index contributed by atoms with van der Waals surface area (Å²) in [6.07, 6.45) is 8.23. The Balaban J connectivity index is 1.74. The van der Waals surface area contributed by atoms with Crippen LogP contribution >= 0.6 is 0 Å². The summed E-state index contributed by atoms with van der Waals surface area (Å²) in [6.45, 7) is 7.76. The SMILES string of the molecule is C[C@@H]1C=C2C=C[C@@H](C)[C@@H](CC[C@@H]3C[C@H](O)CC(=O)O3)[C@@H]2[C@H](OC(=O)C(C)(C)CCC(=O)O)C1. The molecule has 33 heavy (non-hydrogen) atoms. The molecular weight excluding hydrogens is 424 g/mol. The number of fused-ring (bicyclic) bond motifs is 1. The van der Waals surface area contributed by atoms with Gasteiger partial charge in [-0.3, -0.25) is 14.4 Å². The molecule has 0 saturated carbocycles. The number of cyclic esters (lactones) is 1. The molecule has 1 saturated heterocycles. The number of ether oxygens (including phenoxy) is 2. The van der Waals surface area contributed by atoms with Crippen molar-refractivity contribution in [2.45, 2.75) is 91.0 Å². The fourth-order valence-corrected chi connectivity index (χ4v) is 5.46. The third kappa shape index (κ3) is 6.46. The van der Waals surface area contributed by atoms with Crippen molar-refractivity contribution in [1.82, 2.24) is 0 Å². The molecule has 184 valence electrons. The Hall–Kier alpha value is -2.15. The van der Waals surface area contributed by atoms with E-state index in [2.05, 4.69) is 32.1 Å². The zero-order valence-electron chi connectivity index (χ0n) is 20.2. The molecule has 0 aromatic heterocycles. The molecule has 0 bridgehead atoms. The van der Waals surface area contributed by atoms with Crippen LogP contribution in [-0.2, 0) is 23.9 Å². The molecule has 2 aliphatic carbocycles. The van der Waals surface area contributed by atoms with Gasteiger partial charge in [-0.1, -0.05) is 32.1 Å². The van der Waals surface area contributed by atoms with Crippen molar-refractivity contribution in [2.24, 2.45) is 29.1 Å². The Labute approximate surface area is 196 Å². The Kier molecular flexibility index (Phi) is 8.04. The minimum absolute atomic E-state index is 0.0460. The highest BCUT2D eigenvalue weighted by Crippen LogP contribution is 2.45. The summed E-state index contributed by atoms with van der Waals surface area (Å²) in [5.74, 6) is -0.830. The van der Waals surface area contributed by atoms with E-state index in [1.165, 1.54) is 5.57 Å². The first-order chi connectivity index (χ1) is 15.5. The summed E-state index contributed by atoms with van der Waals surface area (Å²) in [7, 11) is 0. The molecule has 0 aromatic rings. The van der Waals surface area contributed by atoms with Crippen LogP contribution in [0, 0.1) is 29.1 Å². The molecule has 1 fully saturated rings. The Bertz CT molecular complexity index is 811. The van der Waals surface area contributed by atoms with Crippen molar-refractivity contribution >= 4 is 17.9 Å². The molecule has 0 aromatic carbocycles. The Morgan fingerprint density at radius 3 is 2.61 bits per heavy atom. The van der Waals surface area contributed by atoms with Crippen LogP contribution in [0.3, 0.4) is 0 Å². The molecule has 1 heterocycles. The quantitative estimate of drug-likeness (QED) is 0.524. The van der Waals surface area contributed by atoms with Gasteiger partial charge in [0.15, 0.2) is 0 Å². The largest absolute Gasteiger partial charge is 0.481 e. The highest BCUT2D eigenvalue weighted by molar-refractivity contribution is 5.77. The van der Waals surface area contributed by atoms with Gasteiger partial charge in [0.1, 0.15) is 12.2 Å². The second kappa shape index (κ2) is 10.4. The Morgan fingerprint density at radius 1 is 1.21 bits per heavy atom. The van der Waals surface area contributed by atoms with E-state index in [0.29, 0.717) is 12.8 Å². The number of esters is 2. The minimum atomic E-state index is -0.924. The van der Waals surface area contributed by atoms with Gasteiger partial charge in [0.25, 0.3) is 0 Å². The summed E-state index contributed by atoms with van der Waals surface area (Å²) >= 11 is 0. The van der Waals surface area contributed by atoms with Crippen LogP contribution in [0.25, 0.3) is 0 Å². The molecule has 3 rings (SSSR count). The standard InChI is InChI=1S/C26H38O7/c1-15-11-17-6-5-16(2)20(8-7-19-13-18(27)14-23(30)32-19)24(17)21(12-15)33-25(31)26(3,4)10-9-22(28)29/h5-6,11,15-16,18-21,24,27H,7-10,12-14H2,1-4H3,(H,28,29)/t15-,16-,18+,19-,20-,21-,24-/m1/s1. The molecular formula is C26H38O7. The van der Waals surface area contributed by atoms with Crippen molar-refractivity contribution in [1.29, 1.82) is 0 Å². The van der Waals surface area contributed by atoms with Gasteiger partial charge in [0.05, 0.1) is 17.9 Å². The Morgan fingerprint density at radius 2 is 1.94 bits per heavy atom. The lowest BCUT2D eigenvalue weighted by Crippen LogP contribution is -2.43. The molecule has 3 aliphatic rings. The van der Waals surface area contributed by atoms with E-state index in [1.54, 1.807) is 13.8 Å². The van der Waals surface area contributed by atoms with E-state index in [4.69, 9.17) is 14.6 Å². The fourth-order valence-electron chi connectivity index (χ4n) is 5.46. The second-order valence-electron chi connectivity index (χ2n) is 10.8. The number of aliphatic hydroxyl groups excluding tert-OH is 1. The predicted octanol–water partition coefficient (Wildman–Crippen LogP) is 4.04. The van der Waals surface area contributed by atoms with Gasteiger partial charge in [0, 0.05) is 18.8 Å². The van der Waals surface area contributed by atoms with Crippen LogP contribution in [0.15, 0.2) is 23.8 Å². The first kappa shape index (κ1) is 25.5. The van der Waals surface area contributed by atoms with Gasteiger partial charge < -0.3 is 19.7 Å². The molecule has 0 amide bonds. The topological polar surface area (TPSA) is 110 Å². The van der Waals surface area contributed by atoms with E-state index < -0.39 is 17.5 Å². The van der Waals surface area contributed by atoms with Gasteiger partial charge in [-0.15, -0.1) is 0 Å². The van der Waals surface area contributed by atoms with Crippen molar-refractivity contribution in [2.75, 3.05) is 0 Å². The zero-order valence-corrected chi connectivity index (χ0v) is 20.2. The molecule has 7 nitrogen and oxygen atoms in total. The van der Waals surface area contributed by atoms with Crippen LogP contribution in [0.2, 0.25) is 0 Å². The van der Waals surface area contributed by atoms with Gasteiger partial charge >= 0.3 is 17.9 Å². The van der Waals surface area contributed by atoms with Crippen LogP contribution in [0.1, 0.15) is 72.6 Å². The van der Waals surface area contributed by atoms with Gasteiger partial charge in [0.2, 0.25) is 0 Å². The highest BCUT2D eigenvalue weighted by atomic mass is 16.6. The maximum Gasteiger partial charge on any atom is 0.311 e. The monoisotopic (exact) mass is 462 g/mol. The number of aliphatic hydroxyl groups is 1. The molecule has 0 unspecified atom stereocenters. The summed E-state index contributed by atoms with van der Waals surface area (Å²) in [5.41, 5.74) is 0.305. The average Bonchev–Trinajstić information content (AvgIpc) is 2.71. The van der Waals surface area contributed by atoms with E-state index in [-0.39, 0.29) is 67.1 Å². The summed E-state index contributed by atoms with van der Waals surface area (Å²) in [5, 5.41) is 19.0. The van der Waals surface area contributed by atoms with E-state index in [0.717, 1.165) is 12.8 Å². The number of carbonyl (C=O) groups excluding carboxylic acids is 2. The van der Waals surface area contributed by atoms with Gasteiger partial charge in [-0.25, -0.2) is 0 Å². The number of hydrogen-bond donors (Lipinski definition) is 2. The smallest absolute Gasteiger partial charge is 0.311 e. The number of hydrogen-bond acceptors (Lipinski definition) is 6. The number of carboxylic acid groups (broad SMARTS) is 1. The average molecular weight is 463 g/mol. The maximum absolute atomic E-state index is 13.1. The van der Waals surface area contributed by atoms with Crippen molar-refractivity contribution in [3.05, 3.63) is 23.8 Å². The van der Waals surface area contributed by atoms with Crippen LogP contribution < -0.4 is 0 Å². The molecule has 0 spiro atoms. The number of carboxylic acids is 1. The summed E-state index contributed by atoms with van der Waals surface area (Å²) in [4.78, 5) is 35.8. The van der Waals surface area contributed by atoms with E-state index in [1.807, 2.05) is 0 Å². The molecule has 1 aliphatic heterocycles. The fraction of sp³-hybridized carbons (Fsp3) is 0.731. The van der Waals surface area contributed by atoms with Gasteiger partial charge in [-0.2, -0.15) is 0 Å². The van der Waals surface area contributed by atoms with Crippen LogP contribution in [0.4, 0.5) is 0 Å². The molecule has 0 radical (unpaired) electrons. The second-order valence-corrected chi connectivity index (χ2v) is 10.8. The van der Waals surface area contributed by atoms with E-state index >= 15 is 0 Å². The molecule has 7 atom stereocenters.